The van der Waals surface area contributed by atoms with Gasteiger partial charge < -0.3 is 10.2 Å². The molecule has 40 heavy (non-hydrogen) atoms. The van der Waals surface area contributed by atoms with Crippen LogP contribution in [0.15, 0.2) is 71.6 Å². The standard InChI is InChI=1S/C27H28Cl2N4O5S2/c1-31(39(2,35)36)25-6-4-3-5-24(25)26(34)30-21-7-9-23(10-8-21)40(37,38)33-14-13-32(18-27(33)11-12-27)22-16-19(28)15-20(29)17-22/h3-10,15-17H,11-14,18H2,1-2H3,(H,30,34). The summed E-state index contributed by atoms with van der Waals surface area (Å²) in [6, 6.07) is 17.7. The van der Waals surface area contributed by atoms with Crippen molar-refractivity contribution >= 4 is 66.2 Å². The van der Waals surface area contributed by atoms with E-state index in [-0.39, 0.29) is 16.1 Å². The molecule has 5 rings (SSSR count). The Hall–Kier alpha value is -2.83. The van der Waals surface area contributed by atoms with Crippen LogP contribution in [0.2, 0.25) is 10.0 Å². The molecule has 3 aromatic carbocycles. The Kier molecular flexibility index (Phi) is 7.56. The molecule has 1 aliphatic carbocycles. The van der Waals surface area contributed by atoms with Crippen LogP contribution < -0.4 is 14.5 Å². The maximum atomic E-state index is 13.7. The van der Waals surface area contributed by atoms with Crippen LogP contribution in [-0.2, 0) is 20.0 Å². The Labute approximate surface area is 244 Å². The molecule has 1 heterocycles. The zero-order valence-corrected chi connectivity index (χ0v) is 25.0. The largest absolute Gasteiger partial charge is 0.368 e. The first-order valence-electron chi connectivity index (χ1n) is 12.5. The van der Waals surface area contributed by atoms with Crippen molar-refractivity contribution in [3.63, 3.8) is 0 Å². The van der Waals surface area contributed by atoms with E-state index in [4.69, 9.17) is 23.2 Å². The first-order chi connectivity index (χ1) is 18.8. The molecule has 0 bridgehead atoms. The highest BCUT2D eigenvalue weighted by atomic mass is 35.5. The fraction of sp³-hybridized carbons (Fsp3) is 0.296. The van der Waals surface area contributed by atoms with Gasteiger partial charge in [0, 0.05) is 48.1 Å². The van der Waals surface area contributed by atoms with Crippen LogP contribution in [0.5, 0.6) is 0 Å². The number of halogens is 2. The van der Waals surface area contributed by atoms with Crippen molar-refractivity contribution < 1.29 is 21.6 Å². The van der Waals surface area contributed by atoms with Gasteiger partial charge in [0.25, 0.3) is 5.91 Å². The summed E-state index contributed by atoms with van der Waals surface area (Å²) in [4.78, 5) is 15.3. The van der Waals surface area contributed by atoms with Gasteiger partial charge in [0.05, 0.1) is 27.9 Å². The quantitative estimate of drug-likeness (QED) is 0.410. The van der Waals surface area contributed by atoms with Crippen LogP contribution in [0.25, 0.3) is 0 Å². The van der Waals surface area contributed by atoms with E-state index in [9.17, 15) is 21.6 Å². The minimum absolute atomic E-state index is 0.133. The monoisotopic (exact) mass is 622 g/mol. The molecule has 1 amide bonds. The first kappa shape index (κ1) is 28.7. The van der Waals surface area contributed by atoms with E-state index in [1.807, 2.05) is 12.1 Å². The first-order valence-corrected chi connectivity index (χ1v) is 16.5. The van der Waals surface area contributed by atoms with Gasteiger partial charge in [-0.25, -0.2) is 16.8 Å². The summed E-state index contributed by atoms with van der Waals surface area (Å²) in [6.07, 6.45) is 2.57. The van der Waals surface area contributed by atoms with Gasteiger partial charge in [-0.3, -0.25) is 9.10 Å². The smallest absolute Gasteiger partial charge is 0.257 e. The van der Waals surface area contributed by atoms with Gasteiger partial charge in [0.1, 0.15) is 0 Å². The van der Waals surface area contributed by atoms with Crippen LogP contribution in [0.1, 0.15) is 23.2 Å². The molecule has 2 aliphatic rings. The van der Waals surface area contributed by atoms with E-state index in [1.54, 1.807) is 28.6 Å². The minimum Gasteiger partial charge on any atom is -0.368 e. The van der Waals surface area contributed by atoms with Gasteiger partial charge >= 0.3 is 0 Å². The van der Waals surface area contributed by atoms with E-state index >= 15 is 0 Å². The molecule has 13 heteroatoms. The van der Waals surface area contributed by atoms with Crippen molar-refractivity contribution in [1.29, 1.82) is 0 Å². The fourth-order valence-electron chi connectivity index (χ4n) is 4.99. The summed E-state index contributed by atoms with van der Waals surface area (Å²) >= 11 is 12.4. The van der Waals surface area contributed by atoms with E-state index < -0.39 is 31.5 Å². The Morgan fingerprint density at radius 2 is 1.55 bits per heavy atom. The maximum absolute atomic E-state index is 13.7. The van der Waals surface area contributed by atoms with Crippen molar-refractivity contribution in [2.75, 3.05) is 47.5 Å². The number of nitrogens with zero attached hydrogens (tertiary/aromatic N) is 3. The van der Waals surface area contributed by atoms with Gasteiger partial charge in [-0.2, -0.15) is 4.31 Å². The molecule has 1 N–H and O–H groups in total. The molecule has 0 radical (unpaired) electrons. The van der Waals surface area contributed by atoms with E-state index in [2.05, 4.69) is 10.2 Å². The Balaban J connectivity index is 1.32. The summed E-state index contributed by atoms with van der Waals surface area (Å²) in [6.45, 7) is 1.35. The zero-order chi connectivity index (χ0) is 28.9. The lowest BCUT2D eigenvalue weighted by Gasteiger charge is -2.42. The van der Waals surface area contributed by atoms with E-state index in [0.717, 1.165) is 29.1 Å². The van der Waals surface area contributed by atoms with Crippen molar-refractivity contribution in [2.24, 2.45) is 0 Å². The molecule has 1 saturated carbocycles. The van der Waals surface area contributed by atoms with Gasteiger partial charge in [-0.1, -0.05) is 35.3 Å². The molecule has 1 saturated heterocycles. The number of benzene rings is 3. The number of nitrogens with one attached hydrogen (secondary N) is 1. The molecule has 9 nitrogen and oxygen atoms in total. The number of anilines is 3. The van der Waals surface area contributed by atoms with Crippen LogP contribution in [0, 0.1) is 0 Å². The minimum atomic E-state index is -3.79. The predicted molar refractivity (Wildman–Crippen MR) is 159 cm³/mol. The van der Waals surface area contributed by atoms with Crippen LogP contribution in [0.4, 0.5) is 17.1 Å². The van der Waals surface area contributed by atoms with Crippen LogP contribution in [-0.4, -0.2) is 65.5 Å². The molecule has 3 aromatic rings. The number of hydrogen-bond acceptors (Lipinski definition) is 6. The second-order valence-corrected chi connectivity index (χ2v) is 14.8. The molecule has 0 atom stereocenters. The Morgan fingerprint density at radius 1 is 0.925 bits per heavy atom. The highest BCUT2D eigenvalue weighted by molar-refractivity contribution is 7.92. The van der Waals surface area contributed by atoms with Gasteiger partial charge in [0.15, 0.2) is 0 Å². The van der Waals surface area contributed by atoms with Crippen molar-refractivity contribution in [2.45, 2.75) is 23.3 Å². The fourth-order valence-corrected chi connectivity index (χ4v) is 7.82. The summed E-state index contributed by atoms with van der Waals surface area (Å²) in [7, 11) is -6.00. The van der Waals surface area contributed by atoms with E-state index in [0.29, 0.717) is 35.4 Å². The highest BCUT2D eigenvalue weighted by Crippen LogP contribution is 2.48. The zero-order valence-electron chi connectivity index (χ0n) is 21.8. The molecule has 1 aliphatic heterocycles. The maximum Gasteiger partial charge on any atom is 0.257 e. The van der Waals surface area contributed by atoms with Crippen molar-refractivity contribution in [1.82, 2.24) is 4.31 Å². The third-order valence-electron chi connectivity index (χ3n) is 7.31. The lowest BCUT2D eigenvalue weighted by atomic mass is 10.1. The van der Waals surface area contributed by atoms with Crippen molar-refractivity contribution in [3.05, 3.63) is 82.3 Å². The number of hydrogen-bond donors (Lipinski definition) is 1. The Morgan fingerprint density at radius 3 is 2.15 bits per heavy atom. The average Bonchev–Trinajstić information content (AvgIpc) is 3.66. The number of amides is 1. The lowest BCUT2D eigenvalue weighted by Crippen LogP contribution is -2.57. The summed E-state index contributed by atoms with van der Waals surface area (Å²) in [5, 5.41) is 3.78. The molecular formula is C27H28Cl2N4O5S2. The Bertz CT molecular complexity index is 1660. The second kappa shape index (κ2) is 10.5. The number of piperazine rings is 1. The predicted octanol–water partition coefficient (Wildman–Crippen LogP) is 4.69. The van der Waals surface area contributed by atoms with Crippen LogP contribution >= 0.6 is 23.2 Å². The van der Waals surface area contributed by atoms with Gasteiger partial charge in [0.2, 0.25) is 20.0 Å². The van der Waals surface area contributed by atoms with Crippen molar-refractivity contribution in [3.8, 4) is 0 Å². The normalized spacial score (nSPS) is 17.1. The number of rotatable bonds is 7. The van der Waals surface area contributed by atoms with Crippen LogP contribution in [0.3, 0.4) is 0 Å². The summed E-state index contributed by atoms with van der Waals surface area (Å²) < 4.78 is 54.0. The molecule has 212 valence electrons. The molecule has 1 spiro atoms. The van der Waals surface area contributed by atoms with Gasteiger partial charge in [-0.15, -0.1) is 0 Å². The number of sulfonamides is 2. The second-order valence-electron chi connectivity index (χ2n) is 10.1. The lowest BCUT2D eigenvalue weighted by molar-refractivity contribution is 0.102. The summed E-state index contributed by atoms with van der Waals surface area (Å²) in [5.41, 5.74) is 1.15. The third-order valence-corrected chi connectivity index (χ3v) is 11.0. The average molecular weight is 624 g/mol. The summed E-state index contributed by atoms with van der Waals surface area (Å²) in [5.74, 6) is -0.518. The molecule has 0 aromatic heterocycles. The number of carbonyl (C=O) groups is 1. The topological polar surface area (TPSA) is 107 Å². The molecule has 0 unspecified atom stereocenters. The van der Waals surface area contributed by atoms with Gasteiger partial charge in [-0.05, 0) is 67.4 Å². The SMILES string of the molecule is CN(c1ccccc1C(=O)Nc1ccc(S(=O)(=O)N2CCN(c3cc(Cl)cc(Cl)c3)CC23CC3)cc1)S(C)(=O)=O. The number of para-hydroxylation sites is 1. The number of carbonyl (C=O) groups excluding carboxylic acids is 1. The molecule has 2 fully saturated rings. The third kappa shape index (κ3) is 5.66. The highest BCUT2D eigenvalue weighted by Gasteiger charge is 2.56. The molecular weight excluding hydrogens is 595 g/mol. The van der Waals surface area contributed by atoms with E-state index in [1.165, 1.54) is 37.4 Å².